The van der Waals surface area contributed by atoms with E-state index in [1.54, 1.807) is 18.5 Å². The van der Waals surface area contributed by atoms with E-state index in [-0.39, 0.29) is 18.8 Å². The van der Waals surface area contributed by atoms with Crippen LogP contribution in [0.25, 0.3) is 0 Å². The van der Waals surface area contributed by atoms with Crippen LogP contribution in [-0.2, 0) is 13.2 Å². The van der Waals surface area contributed by atoms with Crippen LogP contribution >= 0.6 is 0 Å². The van der Waals surface area contributed by atoms with Gasteiger partial charge in [0.05, 0.1) is 4.92 Å². The summed E-state index contributed by atoms with van der Waals surface area (Å²) in [6, 6.07) is 6.02. The lowest BCUT2D eigenvalue weighted by atomic mass is 10.2. The highest BCUT2D eigenvalue weighted by Crippen LogP contribution is 2.24. The number of nitro benzene ring substituents is 1. The number of hydrogen-bond donors (Lipinski definition) is 1. The van der Waals surface area contributed by atoms with Crippen LogP contribution in [0, 0.1) is 10.1 Å². The summed E-state index contributed by atoms with van der Waals surface area (Å²) in [5.74, 6) is 1.03. The van der Waals surface area contributed by atoms with Crippen molar-refractivity contribution in [1.29, 1.82) is 0 Å². The summed E-state index contributed by atoms with van der Waals surface area (Å²) >= 11 is 0. The van der Waals surface area contributed by atoms with Gasteiger partial charge in [0.1, 0.15) is 12.4 Å². The van der Waals surface area contributed by atoms with Crippen LogP contribution in [0.1, 0.15) is 11.4 Å². The molecule has 0 saturated heterocycles. The standard InChI is InChI=1S/C12H12N4O3/c13-7-9-6-10(16(17)18)2-3-11(9)19-8-12-14-4-1-5-15-12/h1-6H,7-8,13H2. The monoisotopic (exact) mass is 260 g/mol. The molecule has 7 heteroatoms. The second-order valence-corrected chi connectivity index (χ2v) is 3.71. The van der Waals surface area contributed by atoms with E-state index in [9.17, 15) is 10.1 Å². The Bertz CT molecular complexity index is 574. The van der Waals surface area contributed by atoms with Gasteiger partial charge in [0.25, 0.3) is 5.69 Å². The molecule has 0 bridgehead atoms. The minimum atomic E-state index is -0.469. The number of nitro groups is 1. The number of non-ortho nitro benzene ring substituents is 1. The fourth-order valence-corrected chi connectivity index (χ4v) is 1.53. The molecule has 0 atom stereocenters. The first-order valence-corrected chi connectivity index (χ1v) is 5.57. The SMILES string of the molecule is NCc1cc([N+](=O)[O-])ccc1OCc1ncccn1. The van der Waals surface area contributed by atoms with E-state index in [2.05, 4.69) is 9.97 Å². The molecule has 0 spiro atoms. The maximum atomic E-state index is 10.7. The Morgan fingerprint density at radius 1 is 1.32 bits per heavy atom. The Morgan fingerprint density at radius 2 is 2.05 bits per heavy atom. The number of nitrogens with two attached hydrogens (primary N) is 1. The molecule has 0 aliphatic carbocycles. The minimum Gasteiger partial charge on any atom is -0.485 e. The zero-order chi connectivity index (χ0) is 13.7. The van der Waals surface area contributed by atoms with Crippen molar-refractivity contribution in [2.45, 2.75) is 13.2 Å². The first kappa shape index (κ1) is 12.9. The third-order valence-electron chi connectivity index (χ3n) is 2.45. The van der Waals surface area contributed by atoms with Gasteiger partial charge in [0, 0.05) is 36.6 Å². The van der Waals surface area contributed by atoms with Crippen LogP contribution in [0.5, 0.6) is 5.75 Å². The van der Waals surface area contributed by atoms with Crippen molar-refractivity contribution in [3.8, 4) is 5.75 Å². The normalized spacial score (nSPS) is 10.2. The van der Waals surface area contributed by atoms with Gasteiger partial charge in [-0.05, 0) is 12.1 Å². The topological polar surface area (TPSA) is 104 Å². The summed E-state index contributed by atoms with van der Waals surface area (Å²) in [6.45, 7) is 0.346. The molecule has 0 unspecified atom stereocenters. The zero-order valence-electron chi connectivity index (χ0n) is 10.0. The van der Waals surface area contributed by atoms with Crippen molar-refractivity contribution in [2.75, 3.05) is 0 Å². The van der Waals surface area contributed by atoms with Gasteiger partial charge in [-0.1, -0.05) is 0 Å². The van der Waals surface area contributed by atoms with Gasteiger partial charge in [0.15, 0.2) is 5.82 Å². The molecule has 0 aliphatic heterocycles. The van der Waals surface area contributed by atoms with Crippen LogP contribution in [0.2, 0.25) is 0 Å². The first-order chi connectivity index (χ1) is 9.20. The predicted molar refractivity (Wildman–Crippen MR) is 67.4 cm³/mol. The van der Waals surface area contributed by atoms with Gasteiger partial charge < -0.3 is 10.5 Å². The summed E-state index contributed by atoms with van der Waals surface area (Å²) in [6.07, 6.45) is 3.23. The smallest absolute Gasteiger partial charge is 0.270 e. The Balaban J connectivity index is 2.14. The van der Waals surface area contributed by atoms with Crippen molar-refractivity contribution < 1.29 is 9.66 Å². The fourth-order valence-electron chi connectivity index (χ4n) is 1.53. The first-order valence-electron chi connectivity index (χ1n) is 5.57. The number of ether oxygens (including phenoxy) is 1. The number of hydrogen-bond acceptors (Lipinski definition) is 6. The van der Waals surface area contributed by atoms with Crippen molar-refractivity contribution in [1.82, 2.24) is 9.97 Å². The highest BCUT2D eigenvalue weighted by molar-refractivity contribution is 5.43. The van der Waals surface area contributed by atoms with E-state index >= 15 is 0 Å². The summed E-state index contributed by atoms with van der Waals surface area (Å²) < 4.78 is 5.52. The molecule has 2 aromatic rings. The fraction of sp³-hybridized carbons (Fsp3) is 0.167. The summed E-state index contributed by atoms with van der Waals surface area (Å²) in [5, 5.41) is 10.7. The van der Waals surface area contributed by atoms with E-state index in [0.717, 1.165) is 0 Å². The third kappa shape index (κ3) is 3.23. The molecule has 1 aromatic heterocycles. The average molecular weight is 260 g/mol. The zero-order valence-corrected chi connectivity index (χ0v) is 10.0. The van der Waals surface area contributed by atoms with Crippen molar-refractivity contribution >= 4 is 5.69 Å². The molecular weight excluding hydrogens is 248 g/mol. The van der Waals surface area contributed by atoms with E-state index in [1.807, 2.05) is 0 Å². The number of benzene rings is 1. The molecule has 0 amide bonds. The largest absolute Gasteiger partial charge is 0.485 e. The molecule has 0 radical (unpaired) electrons. The van der Waals surface area contributed by atoms with Crippen LogP contribution in [0.4, 0.5) is 5.69 Å². The lowest BCUT2D eigenvalue weighted by Gasteiger charge is -2.09. The van der Waals surface area contributed by atoms with Gasteiger partial charge in [-0.2, -0.15) is 0 Å². The molecule has 0 fully saturated rings. The molecule has 2 rings (SSSR count). The molecule has 98 valence electrons. The summed E-state index contributed by atoms with van der Waals surface area (Å²) in [4.78, 5) is 18.2. The van der Waals surface area contributed by atoms with Crippen molar-refractivity contribution in [3.63, 3.8) is 0 Å². The maximum Gasteiger partial charge on any atom is 0.270 e. The Hall–Kier alpha value is -2.54. The van der Waals surface area contributed by atoms with E-state index in [4.69, 9.17) is 10.5 Å². The molecule has 1 aromatic carbocycles. The quantitative estimate of drug-likeness (QED) is 0.644. The maximum absolute atomic E-state index is 10.7. The number of rotatable bonds is 5. The number of nitrogens with zero attached hydrogens (tertiary/aromatic N) is 3. The van der Waals surface area contributed by atoms with Gasteiger partial charge in [-0.15, -0.1) is 0 Å². The van der Waals surface area contributed by atoms with Gasteiger partial charge in [-0.25, -0.2) is 9.97 Å². The van der Waals surface area contributed by atoms with Crippen molar-refractivity contribution in [3.05, 3.63) is 58.2 Å². The molecule has 1 heterocycles. The third-order valence-corrected chi connectivity index (χ3v) is 2.45. The second kappa shape index (κ2) is 5.87. The molecule has 2 N–H and O–H groups in total. The van der Waals surface area contributed by atoms with Gasteiger partial charge in [0.2, 0.25) is 0 Å². The molecule has 7 nitrogen and oxygen atoms in total. The van der Waals surface area contributed by atoms with E-state index in [0.29, 0.717) is 17.1 Å². The number of aromatic nitrogens is 2. The van der Waals surface area contributed by atoms with Crippen LogP contribution in [-0.4, -0.2) is 14.9 Å². The lowest BCUT2D eigenvalue weighted by Crippen LogP contribution is -2.05. The van der Waals surface area contributed by atoms with Gasteiger partial charge in [-0.3, -0.25) is 10.1 Å². The van der Waals surface area contributed by atoms with Crippen molar-refractivity contribution in [2.24, 2.45) is 5.73 Å². The summed E-state index contributed by atoms with van der Waals surface area (Å²) in [5.41, 5.74) is 6.12. The average Bonchev–Trinajstić information content (AvgIpc) is 2.45. The van der Waals surface area contributed by atoms with Crippen LogP contribution in [0.3, 0.4) is 0 Å². The predicted octanol–water partition coefficient (Wildman–Crippen LogP) is 1.42. The highest BCUT2D eigenvalue weighted by Gasteiger charge is 2.11. The summed E-state index contributed by atoms with van der Waals surface area (Å²) in [7, 11) is 0. The Kier molecular flexibility index (Phi) is 3.99. The van der Waals surface area contributed by atoms with Crippen LogP contribution < -0.4 is 10.5 Å². The van der Waals surface area contributed by atoms with Gasteiger partial charge >= 0.3 is 0 Å². The molecular formula is C12H12N4O3. The lowest BCUT2D eigenvalue weighted by molar-refractivity contribution is -0.384. The Labute approximate surface area is 109 Å². The molecule has 19 heavy (non-hydrogen) atoms. The Morgan fingerprint density at radius 3 is 2.68 bits per heavy atom. The highest BCUT2D eigenvalue weighted by atomic mass is 16.6. The van der Waals surface area contributed by atoms with E-state index in [1.165, 1.54) is 18.2 Å². The second-order valence-electron chi connectivity index (χ2n) is 3.71. The minimum absolute atomic E-state index is 0.0104. The molecule has 0 saturated carbocycles. The van der Waals surface area contributed by atoms with Crippen LogP contribution in [0.15, 0.2) is 36.7 Å². The molecule has 0 aliphatic rings. The van der Waals surface area contributed by atoms with E-state index < -0.39 is 4.92 Å².